The highest BCUT2D eigenvalue weighted by Crippen LogP contribution is 2.62. The van der Waals surface area contributed by atoms with Crippen molar-refractivity contribution in [2.75, 3.05) is 13.7 Å². The van der Waals surface area contributed by atoms with E-state index in [0.29, 0.717) is 12.4 Å². The number of rotatable bonds is 9. The van der Waals surface area contributed by atoms with Gasteiger partial charge in [-0.1, -0.05) is 36.4 Å². The molecule has 1 atom stereocenters. The summed E-state index contributed by atoms with van der Waals surface area (Å²) in [5.41, 5.74) is 2.37. The summed E-state index contributed by atoms with van der Waals surface area (Å²) in [4.78, 5) is 12.6. The zero-order valence-corrected chi connectivity index (χ0v) is 21.8. The van der Waals surface area contributed by atoms with E-state index in [2.05, 4.69) is 24.3 Å². The van der Waals surface area contributed by atoms with Crippen LogP contribution in [-0.2, 0) is 26.1 Å². The van der Waals surface area contributed by atoms with E-state index in [1.807, 2.05) is 31.2 Å². The van der Waals surface area contributed by atoms with Gasteiger partial charge in [-0.25, -0.2) is 0 Å². The number of carbonyl (C=O) groups excluding carboxylic acids is 1. The fourth-order valence-corrected chi connectivity index (χ4v) is 7.60. The van der Waals surface area contributed by atoms with Gasteiger partial charge >= 0.3 is 12.4 Å². The summed E-state index contributed by atoms with van der Waals surface area (Å²) in [7, 11) is 1.62. The molecule has 0 aromatic heterocycles. The molecule has 0 radical (unpaired) electrons. The van der Waals surface area contributed by atoms with Gasteiger partial charge in [-0.05, 0) is 109 Å². The lowest BCUT2D eigenvalue weighted by molar-refractivity contribution is -0.231. The predicted molar refractivity (Wildman–Crippen MR) is 143 cm³/mol. The third-order valence-electron chi connectivity index (χ3n) is 8.65. The van der Waals surface area contributed by atoms with Gasteiger partial charge in [0.05, 0.1) is 13.0 Å². The molecule has 0 spiro atoms. The lowest BCUT2D eigenvalue weighted by Gasteiger charge is -2.57. The first kappa shape index (κ1) is 24.4. The second-order valence-corrected chi connectivity index (χ2v) is 11.3. The zero-order valence-electron chi connectivity index (χ0n) is 21.8. The lowest BCUT2D eigenvalue weighted by Crippen LogP contribution is -2.48. The Hall–Kier alpha value is -2.89. The Morgan fingerprint density at radius 2 is 1.62 bits per heavy atom. The van der Waals surface area contributed by atoms with Gasteiger partial charge in [0.15, 0.2) is 0 Å². The Kier molecular flexibility index (Phi) is 6.68. The van der Waals surface area contributed by atoms with E-state index in [1.54, 1.807) is 19.2 Å². The van der Waals surface area contributed by atoms with Crippen LogP contribution in [0.3, 0.4) is 0 Å². The third-order valence-corrected chi connectivity index (χ3v) is 8.65. The smallest absolute Gasteiger partial charge is 0.315 e. The van der Waals surface area contributed by atoms with Crippen molar-refractivity contribution < 1.29 is 23.7 Å². The van der Waals surface area contributed by atoms with E-state index in [9.17, 15) is 4.79 Å². The minimum Gasteiger partial charge on any atom is -0.441 e. The van der Waals surface area contributed by atoms with Crippen molar-refractivity contribution in [3.8, 4) is 11.5 Å². The minimum absolute atomic E-state index is 0.144. The second kappa shape index (κ2) is 10.1. The molecule has 194 valence electrons. The number of methoxy groups -OCH3 is 1. The maximum absolute atomic E-state index is 12.6. The molecule has 4 aliphatic carbocycles. The maximum atomic E-state index is 12.6. The average molecular weight is 501 g/mol. The summed E-state index contributed by atoms with van der Waals surface area (Å²) in [6, 6.07) is 19.9. The lowest BCUT2D eigenvalue weighted by atomic mass is 9.48. The Bertz CT molecular complexity index is 1230. The van der Waals surface area contributed by atoms with E-state index < -0.39 is 6.48 Å². The number of hydrogen-bond donors (Lipinski definition) is 0. The molecular weight excluding hydrogens is 464 g/mol. The number of esters is 1. The van der Waals surface area contributed by atoms with Crippen molar-refractivity contribution in [1.82, 2.24) is 0 Å². The van der Waals surface area contributed by atoms with Crippen LogP contribution in [0.2, 0.25) is 0 Å². The van der Waals surface area contributed by atoms with Gasteiger partial charge in [-0.15, -0.1) is 0 Å². The molecular formula is C32H36O5. The molecule has 0 N–H and O–H groups in total. The highest BCUT2D eigenvalue weighted by Gasteiger charge is 2.52. The van der Waals surface area contributed by atoms with Gasteiger partial charge in [-0.2, -0.15) is 0 Å². The second-order valence-electron chi connectivity index (χ2n) is 11.3. The summed E-state index contributed by atoms with van der Waals surface area (Å²) >= 11 is 0. The summed E-state index contributed by atoms with van der Waals surface area (Å²) in [6.45, 7) is 1.73. The van der Waals surface area contributed by atoms with Crippen LogP contribution in [0.1, 0.15) is 56.6 Å². The van der Waals surface area contributed by atoms with Gasteiger partial charge in [0.25, 0.3) is 0 Å². The van der Waals surface area contributed by atoms with Gasteiger partial charge in [0.2, 0.25) is 0 Å². The van der Waals surface area contributed by atoms with Gasteiger partial charge < -0.3 is 18.9 Å². The van der Waals surface area contributed by atoms with Crippen LogP contribution in [0.4, 0.5) is 0 Å². The number of fused-ring (bicyclic) bond motifs is 1. The summed E-state index contributed by atoms with van der Waals surface area (Å²) in [5.74, 6) is 3.63. The van der Waals surface area contributed by atoms with Gasteiger partial charge in [0, 0.05) is 12.7 Å². The zero-order chi connectivity index (χ0) is 25.4. The van der Waals surface area contributed by atoms with E-state index in [-0.39, 0.29) is 17.8 Å². The Balaban J connectivity index is 1.34. The fourth-order valence-electron chi connectivity index (χ4n) is 7.60. The van der Waals surface area contributed by atoms with Crippen molar-refractivity contribution in [2.24, 2.45) is 17.8 Å². The topological polar surface area (TPSA) is 54.0 Å². The fraction of sp³-hybridized carbons (Fsp3) is 0.469. The van der Waals surface area contributed by atoms with E-state index >= 15 is 0 Å². The molecule has 4 saturated carbocycles. The van der Waals surface area contributed by atoms with Crippen molar-refractivity contribution >= 4 is 16.7 Å². The van der Waals surface area contributed by atoms with E-state index in [0.717, 1.165) is 39.8 Å². The third kappa shape index (κ3) is 4.99. The molecule has 4 fully saturated rings. The molecule has 4 aliphatic rings. The Labute approximate surface area is 219 Å². The van der Waals surface area contributed by atoms with Crippen LogP contribution < -0.4 is 9.47 Å². The number of benzene rings is 3. The average Bonchev–Trinajstić information content (AvgIpc) is 2.88. The number of ether oxygens (including phenoxy) is 4. The Morgan fingerprint density at radius 3 is 2.27 bits per heavy atom. The molecule has 0 amide bonds. The highest BCUT2D eigenvalue weighted by atomic mass is 16.8. The molecule has 5 heteroatoms. The van der Waals surface area contributed by atoms with Crippen LogP contribution in [0.15, 0.2) is 60.7 Å². The van der Waals surface area contributed by atoms with Crippen molar-refractivity contribution in [2.45, 2.75) is 63.8 Å². The molecule has 37 heavy (non-hydrogen) atoms. The van der Waals surface area contributed by atoms with Crippen LogP contribution in [-0.4, -0.2) is 26.2 Å². The molecule has 3 aromatic carbocycles. The predicted octanol–water partition coefficient (Wildman–Crippen LogP) is 6.80. The van der Waals surface area contributed by atoms with Crippen LogP contribution >= 0.6 is 0 Å². The standard InChI is InChI=1S/C32H36O5/c1-3-35-31(34-2)37-29-17-25-10-9-21(15-30(33)36-27-7-5-4-6-8-27)14-26(25)16-28(29)32-18-22-11-23(19-32)13-24(12-22)20-32/h4-10,14,16-17,22-24,31H,3,11-13,15,18-20H2,1-2H3. The molecule has 0 heterocycles. The van der Waals surface area contributed by atoms with Crippen molar-refractivity contribution in [1.29, 1.82) is 0 Å². The minimum atomic E-state index is -0.734. The van der Waals surface area contributed by atoms with Crippen molar-refractivity contribution in [3.05, 3.63) is 71.8 Å². The largest absolute Gasteiger partial charge is 0.441 e. The van der Waals surface area contributed by atoms with Crippen LogP contribution in [0.5, 0.6) is 11.5 Å². The first-order valence-electron chi connectivity index (χ1n) is 13.7. The maximum Gasteiger partial charge on any atom is 0.315 e. The molecule has 4 bridgehead atoms. The number of hydrogen-bond acceptors (Lipinski definition) is 5. The highest BCUT2D eigenvalue weighted by molar-refractivity contribution is 5.87. The summed E-state index contributed by atoms with van der Waals surface area (Å²) in [5, 5.41) is 2.21. The summed E-state index contributed by atoms with van der Waals surface area (Å²) < 4.78 is 23.1. The number of carbonyl (C=O) groups is 1. The first-order chi connectivity index (χ1) is 18.0. The first-order valence-corrected chi connectivity index (χ1v) is 13.7. The quantitative estimate of drug-likeness (QED) is 0.184. The van der Waals surface area contributed by atoms with Crippen LogP contribution in [0, 0.1) is 17.8 Å². The monoisotopic (exact) mass is 500 g/mol. The number of para-hydroxylation sites is 1. The normalized spacial score (nSPS) is 26.8. The molecule has 1 unspecified atom stereocenters. The van der Waals surface area contributed by atoms with E-state index in [4.69, 9.17) is 18.9 Å². The molecule has 7 rings (SSSR count). The molecule has 0 aliphatic heterocycles. The van der Waals surface area contributed by atoms with Crippen LogP contribution in [0.25, 0.3) is 10.8 Å². The Morgan fingerprint density at radius 1 is 0.919 bits per heavy atom. The SMILES string of the molecule is CCOC(OC)Oc1cc2ccc(CC(=O)Oc3ccccc3)cc2cc1C12CC3CC(CC(C3)C1)C2. The van der Waals surface area contributed by atoms with Gasteiger partial charge in [-0.3, -0.25) is 4.79 Å². The van der Waals surface area contributed by atoms with E-state index in [1.165, 1.54) is 44.1 Å². The molecule has 3 aromatic rings. The van der Waals surface area contributed by atoms with Gasteiger partial charge in [0.1, 0.15) is 11.5 Å². The molecule has 5 nitrogen and oxygen atoms in total. The molecule has 0 saturated heterocycles. The van der Waals surface area contributed by atoms with Crippen molar-refractivity contribution in [3.63, 3.8) is 0 Å². The summed E-state index contributed by atoms with van der Waals surface area (Å²) in [6.07, 6.45) is 8.08.